The van der Waals surface area contributed by atoms with E-state index in [-0.39, 0.29) is 19.1 Å². The number of benzene rings is 1. The van der Waals surface area contributed by atoms with Crippen molar-refractivity contribution in [3.63, 3.8) is 0 Å². The average molecular weight is 279 g/mol. The zero-order chi connectivity index (χ0) is 14.5. The van der Waals surface area contributed by atoms with Crippen molar-refractivity contribution in [2.24, 2.45) is 11.5 Å². The molecule has 1 unspecified atom stereocenters. The van der Waals surface area contributed by atoms with Gasteiger partial charge < -0.3 is 26.3 Å². The van der Waals surface area contributed by atoms with Crippen molar-refractivity contribution in [3.05, 3.63) is 29.3 Å². The first kappa shape index (κ1) is 14.3. The van der Waals surface area contributed by atoms with Crippen molar-refractivity contribution in [3.8, 4) is 5.75 Å². The minimum atomic E-state index is -0.549. The van der Waals surface area contributed by atoms with E-state index in [2.05, 4.69) is 5.32 Å². The van der Waals surface area contributed by atoms with Gasteiger partial charge in [-0.1, -0.05) is 6.07 Å². The normalized spacial score (nSPS) is 15.6. The van der Waals surface area contributed by atoms with Gasteiger partial charge in [-0.2, -0.15) is 0 Å². The van der Waals surface area contributed by atoms with Gasteiger partial charge >= 0.3 is 0 Å². The van der Waals surface area contributed by atoms with Crippen LogP contribution in [0, 0.1) is 0 Å². The highest BCUT2D eigenvalue weighted by Crippen LogP contribution is 2.24. The number of ether oxygens (including phenoxy) is 2. The van der Waals surface area contributed by atoms with Crippen LogP contribution in [0.4, 0.5) is 0 Å². The van der Waals surface area contributed by atoms with Crippen LogP contribution in [0.3, 0.4) is 0 Å². The minimum Gasteiger partial charge on any atom is -0.491 e. The molecule has 2 amide bonds. The monoisotopic (exact) mass is 279 g/mol. The summed E-state index contributed by atoms with van der Waals surface area (Å²) < 4.78 is 10.5. The molecular formula is C13H17N3O4. The first-order chi connectivity index (χ1) is 9.58. The van der Waals surface area contributed by atoms with E-state index in [1.807, 2.05) is 0 Å². The molecule has 1 heterocycles. The Morgan fingerprint density at radius 2 is 2.30 bits per heavy atom. The third-order valence-corrected chi connectivity index (χ3v) is 2.86. The van der Waals surface area contributed by atoms with E-state index in [1.165, 1.54) is 0 Å². The number of primary amides is 1. The third kappa shape index (κ3) is 3.46. The molecule has 0 bridgehead atoms. The lowest BCUT2D eigenvalue weighted by Gasteiger charge is -2.14. The van der Waals surface area contributed by atoms with E-state index >= 15 is 0 Å². The maximum absolute atomic E-state index is 11.9. The van der Waals surface area contributed by atoms with E-state index in [4.69, 9.17) is 20.9 Å². The summed E-state index contributed by atoms with van der Waals surface area (Å²) in [5, 5.41) is 2.73. The highest BCUT2D eigenvalue weighted by molar-refractivity contribution is 5.97. The Kier molecular flexibility index (Phi) is 4.54. The minimum absolute atomic E-state index is 0.143. The first-order valence-corrected chi connectivity index (χ1v) is 6.24. The molecule has 0 spiro atoms. The summed E-state index contributed by atoms with van der Waals surface area (Å²) >= 11 is 0. The largest absolute Gasteiger partial charge is 0.491 e. The molecule has 1 aliphatic rings. The number of hydrogen-bond donors (Lipinski definition) is 3. The number of nitrogens with two attached hydrogens (primary N) is 2. The molecule has 0 aliphatic carbocycles. The number of nitrogens with one attached hydrogen (secondary N) is 1. The highest BCUT2D eigenvalue weighted by atomic mass is 16.5. The van der Waals surface area contributed by atoms with E-state index < -0.39 is 11.9 Å². The summed E-state index contributed by atoms with van der Waals surface area (Å²) in [5.41, 5.74) is 12.1. The predicted octanol–water partition coefficient (Wildman–Crippen LogP) is -0.689. The lowest BCUT2D eigenvalue weighted by molar-refractivity contribution is -0.122. The fraction of sp³-hybridized carbons (Fsp3) is 0.385. The van der Waals surface area contributed by atoms with Crippen molar-refractivity contribution in [2.75, 3.05) is 26.4 Å². The molecule has 0 saturated heterocycles. The average Bonchev–Trinajstić information content (AvgIpc) is 2.60. The Morgan fingerprint density at radius 1 is 1.50 bits per heavy atom. The molecule has 7 heteroatoms. The molecule has 108 valence electrons. The van der Waals surface area contributed by atoms with E-state index in [0.717, 1.165) is 5.56 Å². The molecule has 1 aliphatic heterocycles. The molecule has 1 atom stereocenters. The van der Waals surface area contributed by atoms with E-state index in [9.17, 15) is 9.59 Å². The van der Waals surface area contributed by atoms with Crippen molar-refractivity contribution < 1.29 is 19.1 Å². The van der Waals surface area contributed by atoms with Gasteiger partial charge in [0, 0.05) is 0 Å². The van der Waals surface area contributed by atoms with Gasteiger partial charge in [0.15, 0.2) is 0 Å². The van der Waals surface area contributed by atoms with Gasteiger partial charge in [-0.3, -0.25) is 9.59 Å². The van der Waals surface area contributed by atoms with Gasteiger partial charge in [0.2, 0.25) is 5.91 Å². The van der Waals surface area contributed by atoms with Crippen LogP contribution in [-0.4, -0.2) is 38.2 Å². The zero-order valence-electron chi connectivity index (χ0n) is 10.9. The Hall–Kier alpha value is -2.12. The van der Waals surface area contributed by atoms with Crippen molar-refractivity contribution in [1.82, 2.24) is 5.32 Å². The molecule has 5 N–H and O–H groups in total. The zero-order valence-corrected chi connectivity index (χ0v) is 10.9. The Morgan fingerprint density at radius 3 is 3.05 bits per heavy atom. The van der Waals surface area contributed by atoms with E-state index in [0.29, 0.717) is 24.5 Å². The molecular weight excluding hydrogens is 262 g/mol. The standard InChI is InChI=1S/C13H17N3O4/c14-10(6-19-7-12(15)17)8-1-2-11-9(5-8)13(18)16-3-4-20-11/h1-2,5,10H,3-4,6-7,14H2,(H2,15,17)(H,16,18). The predicted molar refractivity (Wildman–Crippen MR) is 71.2 cm³/mol. The van der Waals surface area contributed by atoms with Gasteiger partial charge in [0.05, 0.1) is 24.8 Å². The second kappa shape index (κ2) is 6.36. The van der Waals surface area contributed by atoms with Gasteiger partial charge in [0.25, 0.3) is 5.91 Å². The first-order valence-electron chi connectivity index (χ1n) is 6.24. The molecule has 7 nitrogen and oxygen atoms in total. The van der Waals surface area contributed by atoms with Crippen molar-refractivity contribution in [1.29, 1.82) is 0 Å². The molecule has 2 rings (SSSR count). The Bertz CT molecular complexity index is 518. The van der Waals surface area contributed by atoms with Crippen molar-refractivity contribution in [2.45, 2.75) is 6.04 Å². The van der Waals surface area contributed by atoms with Crippen LogP contribution in [0.15, 0.2) is 18.2 Å². The molecule has 1 aromatic rings. The molecule has 0 aromatic heterocycles. The lowest BCUT2D eigenvalue weighted by atomic mass is 10.0. The van der Waals surface area contributed by atoms with Crippen LogP contribution in [0.1, 0.15) is 22.0 Å². The maximum atomic E-state index is 11.9. The summed E-state index contributed by atoms with van der Waals surface area (Å²) in [6, 6.07) is 4.71. The molecule has 0 saturated carbocycles. The SMILES string of the molecule is NC(=O)COCC(N)c1ccc2c(c1)C(=O)NCCO2. The fourth-order valence-electron chi connectivity index (χ4n) is 1.89. The highest BCUT2D eigenvalue weighted by Gasteiger charge is 2.18. The summed E-state index contributed by atoms with van der Waals surface area (Å²) in [6.45, 7) is 0.870. The fourth-order valence-corrected chi connectivity index (χ4v) is 1.89. The molecule has 20 heavy (non-hydrogen) atoms. The third-order valence-electron chi connectivity index (χ3n) is 2.86. The summed E-state index contributed by atoms with van der Waals surface area (Å²) in [6.07, 6.45) is 0. The van der Waals surface area contributed by atoms with Gasteiger partial charge in [-0.25, -0.2) is 0 Å². The lowest BCUT2D eigenvalue weighted by Crippen LogP contribution is -2.25. The van der Waals surface area contributed by atoms with Crippen LogP contribution in [0.5, 0.6) is 5.75 Å². The van der Waals surface area contributed by atoms with Crippen LogP contribution in [0.25, 0.3) is 0 Å². The number of hydrogen-bond acceptors (Lipinski definition) is 5. The van der Waals surface area contributed by atoms with Crippen LogP contribution < -0.4 is 21.5 Å². The summed E-state index contributed by atoms with van der Waals surface area (Å²) in [7, 11) is 0. The quantitative estimate of drug-likeness (QED) is 0.659. The Balaban J connectivity index is 2.09. The number of carbonyl (C=O) groups is 2. The van der Waals surface area contributed by atoms with Crippen LogP contribution >= 0.6 is 0 Å². The molecule has 1 aromatic carbocycles. The van der Waals surface area contributed by atoms with Gasteiger partial charge in [0.1, 0.15) is 19.0 Å². The second-order valence-electron chi connectivity index (χ2n) is 4.45. The Labute approximate surface area is 116 Å². The summed E-state index contributed by atoms with van der Waals surface area (Å²) in [5.74, 6) is -0.203. The molecule has 0 fully saturated rings. The maximum Gasteiger partial charge on any atom is 0.255 e. The van der Waals surface area contributed by atoms with Crippen LogP contribution in [-0.2, 0) is 9.53 Å². The van der Waals surface area contributed by atoms with Crippen LogP contribution in [0.2, 0.25) is 0 Å². The second-order valence-corrected chi connectivity index (χ2v) is 4.45. The smallest absolute Gasteiger partial charge is 0.255 e. The van der Waals surface area contributed by atoms with Gasteiger partial charge in [-0.05, 0) is 17.7 Å². The number of fused-ring (bicyclic) bond motifs is 1. The van der Waals surface area contributed by atoms with E-state index in [1.54, 1.807) is 18.2 Å². The number of rotatable bonds is 5. The van der Waals surface area contributed by atoms with Gasteiger partial charge in [-0.15, -0.1) is 0 Å². The number of carbonyl (C=O) groups excluding carboxylic acids is 2. The summed E-state index contributed by atoms with van der Waals surface area (Å²) in [4.78, 5) is 22.4. The van der Waals surface area contributed by atoms with Crippen molar-refractivity contribution >= 4 is 11.8 Å². The molecule has 0 radical (unpaired) electrons. The topological polar surface area (TPSA) is 117 Å². The number of amides is 2.